The Hall–Kier alpha value is -3.07. The zero-order valence-corrected chi connectivity index (χ0v) is 17.8. The number of methoxy groups -OCH3 is 1. The number of para-hydroxylation sites is 2. The van der Waals surface area contributed by atoms with Crippen molar-refractivity contribution >= 4 is 27.5 Å². The average molecular weight is 386 g/mol. The van der Waals surface area contributed by atoms with Crippen LogP contribution >= 0.6 is 0 Å². The Balaban J connectivity index is 2.08. The van der Waals surface area contributed by atoms with Crippen molar-refractivity contribution in [3.63, 3.8) is 0 Å². The summed E-state index contributed by atoms with van der Waals surface area (Å²) in [4.78, 5) is 2.35. The summed E-state index contributed by atoms with van der Waals surface area (Å²) in [5.41, 5.74) is 6.07. The number of hydrogen-bond acceptors (Lipinski definition) is 2. The summed E-state index contributed by atoms with van der Waals surface area (Å²) >= 11 is 0. The van der Waals surface area contributed by atoms with Gasteiger partial charge in [0.2, 0.25) is 11.0 Å². The van der Waals surface area contributed by atoms with E-state index in [1.54, 1.807) is 7.11 Å². The molecule has 0 saturated carbocycles. The van der Waals surface area contributed by atoms with E-state index in [-0.39, 0.29) is 0 Å². The molecule has 0 N–H and O–H groups in total. The third kappa shape index (κ3) is 3.21. The van der Waals surface area contributed by atoms with Crippen LogP contribution < -0.4 is 14.2 Å². The van der Waals surface area contributed by atoms with Crippen molar-refractivity contribution in [3.8, 4) is 16.9 Å². The van der Waals surface area contributed by atoms with Gasteiger partial charge in [0, 0.05) is 48.1 Å². The number of aryl methyl sites for hydroxylation is 1. The number of benzene rings is 3. The molecule has 3 nitrogen and oxygen atoms in total. The van der Waals surface area contributed by atoms with Gasteiger partial charge in [-0.1, -0.05) is 24.3 Å². The molecule has 0 aliphatic heterocycles. The van der Waals surface area contributed by atoms with Crippen LogP contribution in [0.3, 0.4) is 0 Å². The summed E-state index contributed by atoms with van der Waals surface area (Å²) in [7, 11) is 1.77. The highest BCUT2D eigenvalue weighted by Crippen LogP contribution is 2.40. The fraction of sp³-hybridized carbons (Fsp3) is 0.269. The minimum Gasteiger partial charge on any atom is -0.496 e. The van der Waals surface area contributed by atoms with Crippen LogP contribution in [0.2, 0.25) is 0 Å². The number of hydrogen-bond donors (Lipinski definition) is 0. The van der Waals surface area contributed by atoms with Crippen LogP contribution in [0.1, 0.15) is 20.8 Å². The van der Waals surface area contributed by atoms with Crippen LogP contribution in [-0.2, 0) is 6.54 Å². The van der Waals surface area contributed by atoms with Crippen molar-refractivity contribution in [2.24, 2.45) is 0 Å². The summed E-state index contributed by atoms with van der Waals surface area (Å²) in [5, 5.41) is 2.50. The lowest BCUT2D eigenvalue weighted by molar-refractivity contribution is -0.641. The highest BCUT2D eigenvalue weighted by molar-refractivity contribution is 6.08. The van der Waals surface area contributed by atoms with E-state index in [1.165, 1.54) is 33.1 Å². The molecule has 4 rings (SSSR count). The second-order valence-electron chi connectivity index (χ2n) is 7.21. The molecule has 3 aromatic carbocycles. The number of anilines is 1. The molecule has 0 saturated heterocycles. The highest BCUT2D eigenvalue weighted by Gasteiger charge is 2.22. The Kier molecular flexibility index (Phi) is 5.39. The van der Waals surface area contributed by atoms with Crippen molar-refractivity contribution in [2.75, 3.05) is 25.1 Å². The normalized spacial score (nSPS) is 11.2. The zero-order valence-electron chi connectivity index (χ0n) is 17.8. The van der Waals surface area contributed by atoms with Gasteiger partial charge in [0.25, 0.3) is 0 Å². The maximum Gasteiger partial charge on any atom is 0.213 e. The van der Waals surface area contributed by atoms with Crippen LogP contribution in [0.25, 0.3) is 32.9 Å². The van der Waals surface area contributed by atoms with E-state index in [0.717, 1.165) is 30.9 Å². The van der Waals surface area contributed by atoms with Gasteiger partial charge in [-0.3, -0.25) is 0 Å². The Morgan fingerprint density at radius 2 is 1.38 bits per heavy atom. The van der Waals surface area contributed by atoms with Gasteiger partial charge < -0.3 is 9.64 Å². The van der Waals surface area contributed by atoms with Crippen LogP contribution in [-0.4, -0.2) is 20.2 Å². The van der Waals surface area contributed by atoms with Gasteiger partial charge in [0.1, 0.15) is 12.3 Å². The first-order valence-electron chi connectivity index (χ1n) is 10.5. The third-order valence-corrected chi connectivity index (χ3v) is 5.83. The molecule has 1 heterocycles. The van der Waals surface area contributed by atoms with Crippen LogP contribution in [0.5, 0.6) is 5.75 Å². The van der Waals surface area contributed by atoms with E-state index in [4.69, 9.17) is 4.74 Å². The van der Waals surface area contributed by atoms with Crippen molar-refractivity contribution < 1.29 is 9.30 Å². The molecule has 29 heavy (non-hydrogen) atoms. The van der Waals surface area contributed by atoms with Crippen LogP contribution in [0.15, 0.2) is 66.7 Å². The van der Waals surface area contributed by atoms with E-state index in [2.05, 4.69) is 97.0 Å². The lowest BCUT2D eigenvalue weighted by Crippen LogP contribution is -2.34. The molecule has 0 spiro atoms. The van der Waals surface area contributed by atoms with Gasteiger partial charge in [-0.2, -0.15) is 4.57 Å². The fourth-order valence-electron chi connectivity index (χ4n) is 4.42. The van der Waals surface area contributed by atoms with Crippen molar-refractivity contribution in [3.05, 3.63) is 66.7 Å². The number of aromatic nitrogens is 1. The quantitative estimate of drug-likeness (QED) is 0.307. The summed E-state index contributed by atoms with van der Waals surface area (Å²) < 4.78 is 8.29. The molecule has 0 atom stereocenters. The molecular weight excluding hydrogens is 356 g/mol. The molecule has 1 aromatic heterocycles. The maximum atomic E-state index is 5.90. The van der Waals surface area contributed by atoms with E-state index in [0.29, 0.717) is 0 Å². The third-order valence-electron chi connectivity index (χ3n) is 5.83. The van der Waals surface area contributed by atoms with E-state index >= 15 is 0 Å². The number of ether oxygens (including phenoxy) is 1. The number of fused-ring (bicyclic) bond motifs is 2. The standard InChI is InChI=1S/C26H29N2O/c1-5-27(6-2)19-16-17-22(25(18-19)29-4)26-20-12-8-10-14-23(20)28(7-3)24-15-11-9-13-21(24)26/h8-18H,5-7H2,1-4H3/q+1. The molecule has 0 aliphatic rings. The summed E-state index contributed by atoms with van der Waals surface area (Å²) in [6, 6.07) is 24.0. The van der Waals surface area contributed by atoms with Crippen molar-refractivity contribution in [1.82, 2.24) is 0 Å². The van der Waals surface area contributed by atoms with Gasteiger partial charge in [-0.25, -0.2) is 0 Å². The average Bonchev–Trinajstić information content (AvgIpc) is 2.78. The molecule has 0 unspecified atom stereocenters. The van der Waals surface area contributed by atoms with Crippen molar-refractivity contribution in [1.29, 1.82) is 0 Å². The van der Waals surface area contributed by atoms with Crippen LogP contribution in [0.4, 0.5) is 5.69 Å². The SMILES string of the molecule is CCN(CC)c1ccc(-c2c3ccccc3[n+](CC)c3ccccc23)c(OC)c1. The smallest absolute Gasteiger partial charge is 0.213 e. The lowest BCUT2D eigenvalue weighted by atomic mass is 9.94. The van der Waals surface area contributed by atoms with Crippen LogP contribution in [0, 0.1) is 0 Å². The topological polar surface area (TPSA) is 16.4 Å². The number of pyridine rings is 1. The largest absolute Gasteiger partial charge is 0.496 e. The first kappa shape index (κ1) is 19.3. The maximum absolute atomic E-state index is 5.90. The molecular formula is C26H29N2O+. The van der Waals surface area contributed by atoms with E-state index in [1.807, 2.05) is 0 Å². The number of nitrogens with zero attached hydrogens (tertiary/aromatic N) is 2. The van der Waals surface area contributed by atoms with Gasteiger partial charge in [0.05, 0.1) is 17.9 Å². The lowest BCUT2D eigenvalue weighted by Gasteiger charge is -2.23. The molecule has 0 bridgehead atoms. The zero-order chi connectivity index (χ0) is 20.4. The Bertz CT molecular complexity index is 1110. The monoisotopic (exact) mass is 385 g/mol. The van der Waals surface area contributed by atoms with Gasteiger partial charge >= 0.3 is 0 Å². The molecule has 0 fully saturated rings. The predicted molar refractivity (Wildman–Crippen MR) is 123 cm³/mol. The summed E-state index contributed by atoms with van der Waals surface area (Å²) in [5.74, 6) is 0.916. The second-order valence-corrected chi connectivity index (χ2v) is 7.21. The first-order valence-corrected chi connectivity index (χ1v) is 10.5. The van der Waals surface area contributed by atoms with Gasteiger partial charge in [-0.05, 0) is 45.0 Å². The molecule has 0 amide bonds. The Morgan fingerprint density at radius 3 is 1.90 bits per heavy atom. The molecule has 0 radical (unpaired) electrons. The molecule has 148 valence electrons. The molecule has 0 aliphatic carbocycles. The second kappa shape index (κ2) is 8.12. The van der Waals surface area contributed by atoms with Gasteiger partial charge in [0.15, 0.2) is 0 Å². The fourth-order valence-corrected chi connectivity index (χ4v) is 4.42. The summed E-state index contributed by atoms with van der Waals surface area (Å²) in [6.45, 7) is 9.47. The van der Waals surface area contributed by atoms with E-state index in [9.17, 15) is 0 Å². The Morgan fingerprint density at radius 1 is 0.793 bits per heavy atom. The predicted octanol–water partition coefficient (Wildman–Crippen LogP) is 5.82. The first-order chi connectivity index (χ1) is 14.2. The minimum atomic E-state index is 0.916. The highest BCUT2D eigenvalue weighted by atomic mass is 16.5. The Labute approximate surface area is 173 Å². The minimum absolute atomic E-state index is 0.916. The van der Waals surface area contributed by atoms with E-state index < -0.39 is 0 Å². The van der Waals surface area contributed by atoms with Crippen molar-refractivity contribution in [2.45, 2.75) is 27.3 Å². The van der Waals surface area contributed by atoms with Gasteiger partial charge in [-0.15, -0.1) is 0 Å². The summed E-state index contributed by atoms with van der Waals surface area (Å²) in [6.07, 6.45) is 0. The molecule has 3 heteroatoms. The number of rotatable bonds is 6. The molecule has 4 aromatic rings.